The van der Waals surface area contributed by atoms with Gasteiger partial charge in [-0.2, -0.15) is 5.10 Å². The topological polar surface area (TPSA) is 56.1 Å². The van der Waals surface area contributed by atoms with Gasteiger partial charge in [0, 0.05) is 24.2 Å². The van der Waals surface area contributed by atoms with Crippen molar-refractivity contribution in [2.45, 2.75) is 33.4 Å². The van der Waals surface area contributed by atoms with Crippen molar-refractivity contribution in [1.29, 1.82) is 0 Å². The smallest absolute Gasteiger partial charge is 0.271 e. The van der Waals surface area contributed by atoms with Gasteiger partial charge in [0.15, 0.2) is 0 Å². The summed E-state index contributed by atoms with van der Waals surface area (Å²) in [5.74, 6) is 0.759. The normalized spacial score (nSPS) is 10.7. The summed E-state index contributed by atoms with van der Waals surface area (Å²) in [6, 6.07) is 7.81. The lowest BCUT2D eigenvalue weighted by Crippen LogP contribution is -2.28. The van der Waals surface area contributed by atoms with Crippen LogP contribution in [0.25, 0.3) is 11.3 Å². The number of nitrogens with one attached hydrogen (secondary N) is 1. The van der Waals surface area contributed by atoms with E-state index in [2.05, 4.69) is 10.4 Å². The highest BCUT2D eigenvalue weighted by molar-refractivity contribution is 5.68. The van der Waals surface area contributed by atoms with E-state index in [1.807, 2.05) is 45.2 Å². The predicted molar refractivity (Wildman–Crippen MR) is 88.3 cm³/mol. The van der Waals surface area contributed by atoms with Crippen LogP contribution in [0.3, 0.4) is 0 Å². The van der Waals surface area contributed by atoms with E-state index in [0.717, 1.165) is 29.0 Å². The average molecular weight is 301 g/mol. The van der Waals surface area contributed by atoms with Crippen molar-refractivity contribution >= 4 is 0 Å². The highest BCUT2D eigenvalue weighted by Gasteiger charge is 2.13. The van der Waals surface area contributed by atoms with Crippen molar-refractivity contribution in [3.05, 3.63) is 45.7 Å². The molecule has 118 valence electrons. The van der Waals surface area contributed by atoms with Gasteiger partial charge in [0.25, 0.3) is 5.56 Å². The summed E-state index contributed by atoms with van der Waals surface area (Å²) in [6.07, 6.45) is 0.861. The van der Waals surface area contributed by atoms with Crippen LogP contribution in [0.15, 0.2) is 29.1 Å². The molecule has 1 N–H and O–H groups in total. The molecule has 1 aromatic heterocycles. The Bertz CT molecular complexity index is 677. The summed E-state index contributed by atoms with van der Waals surface area (Å²) in [7, 11) is 3.47. The molecule has 0 fully saturated rings. The van der Waals surface area contributed by atoms with Crippen molar-refractivity contribution < 1.29 is 4.74 Å². The molecule has 2 rings (SSSR count). The molecular formula is C17H23N3O2. The molecule has 5 nitrogen and oxygen atoms in total. The largest absolute Gasteiger partial charge is 0.496 e. The molecule has 0 aliphatic heterocycles. The molecule has 1 heterocycles. The van der Waals surface area contributed by atoms with Crippen LogP contribution >= 0.6 is 0 Å². The minimum Gasteiger partial charge on any atom is -0.496 e. The zero-order valence-corrected chi connectivity index (χ0v) is 13.6. The summed E-state index contributed by atoms with van der Waals surface area (Å²) in [5.41, 5.74) is 3.47. The lowest BCUT2D eigenvalue weighted by Gasteiger charge is -2.13. The Kier molecular flexibility index (Phi) is 5.33. The third-order valence-corrected chi connectivity index (χ3v) is 3.48. The first-order valence-electron chi connectivity index (χ1n) is 7.51. The maximum absolute atomic E-state index is 12.4. The fourth-order valence-corrected chi connectivity index (χ4v) is 2.43. The molecule has 0 aliphatic rings. The predicted octanol–water partition coefficient (Wildman–Crippen LogP) is 2.36. The summed E-state index contributed by atoms with van der Waals surface area (Å²) in [5, 5.41) is 7.56. The van der Waals surface area contributed by atoms with E-state index in [1.54, 1.807) is 11.8 Å². The Labute approximate surface area is 130 Å². The number of rotatable bonds is 6. The number of hydrogen-bond donors (Lipinski definition) is 1. The molecule has 0 bridgehead atoms. The molecule has 22 heavy (non-hydrogen) atoms. The summed E-state index contributed by atoms with van der Waals surface area (Å²) < 4.78 is 6.99. The van der Waals surface area contributed by atoms with Crippen molar-refractivity contribution in [2.24, 2.45) is 0 Å². The maximum atomic E-state index is 12.4. The number of aromatic nitrogens is 2. The Morgan fingerprint density at radius 1 is 1.32 bits per heavy atom. The Morgan fingerprint density at radius 3 is 2.73 bits per heavy atom. The van der Waals surface area contributed by atoms with E-state index in [1.165, 1.54) is 0 Å². The minimum atomic E-state index is -0.0356. The van der Waals surface area contributed by atoms with Gasteiger partial charge >= 0.3 is 0 Å². The van der Waals surface area contributed by atoms with E-state index >= 15 is 0 Å². The number of aryl methyl sites for hydroxylation is 2. The molecule has 0 unspecified atom stereocenters. The van der Waals surface area contributed by atoms with Gasteiger partial charge in [0.2, 0.25) is 0 Å². The second kappa shape index (κ2) is 7.22. The fourth-order valence-electron chi connectivity index (χ4n) is 2.43. The number of hydrogen-bond acceptors (Lipinski definition) is 4. The van der Waals surface area contributed by atoms with Gasteiger partial charge in [-0.05, 0) is 38.6 Å². The average Bonchev–Trinajstić information content (AvgIpc) is 2.51. The molecular weight excluding hydrogens is 278 g/mol. The van der Waals surface area contributed by atoms with E-state index in [0.29, 0.717) is 18.7 Å². The fraction of sp³-hybridized carbons (Fsp3) is 0.412. The third-order valence-electron chi connectivity index (χ3n) is 3.48. The van der Waals surface area contributed by atoms with Crippen molar-refractivity contribution in [3.8, 4) is 17.0 Å². The number of nitrogens with zero attached hydrogens (tertiary/aromatic N) is 2. The lowest BCUT2D eigenvalue weighted by atomic mass is 10.1. The molecule has 0 saturated carbocycles. The van der Waals surface area contributed by atoms with Gasteiger partial charge in [0.1, 0.15) is 5.75 Å². The van der Waals surface area contributed by atoms with Crippen LogP contribution in [-0.2, 0) is 13.1 Å². The number of benzene rings is 1. The summed E-state index contributed by atoms with van der Waals surface area (Å²) in [6.45, 7) is 5.19. The van der Waals surface area contributed by atoms with Crippen molar-refractivity contribution in [3.63, 3.8) is 0 Å². The molecule has 5 heteroatoms. The van der Waals surface area contributed by atoms with Crippen LogP contribution in [0.2, 0.25) is 0 Å². The van der Waals surface area contributed by atoms with Crippen molar-refractivity contribution in [1.82, 2.24) is 15.1 Å². The van der Waals surface area contributed by atoms with Gasteiger partial charge in [-0.15, -0.1) is 0 Å². The van der Waals surface area contributed by atoms with Crippen LogP contribution < -0.4 is 15.6 Å². The number of methoxy groups -OCH3 is 1. The zero-order chi connectivity index (χ0) is 16.1. The monoisotopic (exact) mass is 301 g/mol. The van der Waals surface area contributed by atoms with E-state index in [9.17, 15) is 4.79 Å². The van der Waals surface area contributed by atoms with Crippen LogP contribution in [-0.4, -0.2) is 23.9 Å². The second-order valence-corrected chi connectivity index (χ2v) is 5.32. The molecule has 0 radical (unpaired) electrons. The molecule has 0 aliphatic carbocycles. The minimum absolute atomic E-state index is 0.0356. The van der Waals surface area contributed by atoms with Crippen LogP contribution in [0, 0.1) is 6.92 Å². The van der Waals surface area contributed by atoms with Gasteiger partial charge in [-0.25, -0.2) is 4.68 Å². The molecule has 0 spiro atoms. The molecule has 2 aromatic rings. The standard InChI is InChI=1S/C17H23N3O2/c1-5-8-20-17(21)13(11-18-3)10-15(19-20)14-9-12(2)6-7-16(14)22-4/h6-7,9-10,18H,5,8,11H2,1-4H3. The van der Waals surface area contributed by atoms with Crippen LogP contribution in [0.1, 0.15) is 24.5 Å². The second-order valence-electron chi connectivity index (χ2n) is 5.32. The van der Waals surface area contributed by atoms with Crippen LogP contribution in [0.5, 0.6) is 5.75 Å². The third kappa shape index (κ3) is 3.36. The zero-order valence-electron chi connectivity index (χ0n) is 13.6. The van der Waals surface area contributed by atoms with Gasteiger partial charge < -0.3 is 10.1 Å². The highest BCUT2D eigenvalue weighted by Crippen LogP contribution is 2.29. The Morgan fingerprint density at radius 2 is 2.09 bits per heavy atom. The first-order valence-corrected chi connectivity index (χ1v) is 7.51. The Balaban J connectivity index is 2.64. The lowest BCUT2D eigenvalue weighted by molar-refractivity contribution is 0.416. The van der Waals surface area contributed by atoms with E-state index in [-0.39, 0.29) is 5.56 Å². The summed E-state index contributed by atoms with van der Waals surface area (Å²) >= 11 is 0. The van der Waals surface area contributed by atoms with E-state index in [4.69, 9.17) is 4.74 Å². The first kappa shape index (κ1) is 16.2. The first-order chi connectivity index (χ1) is 10.6. The molecule has 0 atom stereocenters. The highest BCUT2D eigenvalue weighted by atomic mass is 16.5. The van der Waals surface area contributed by atoms with Gasteiger partial charge in [0.05, 0.1) is 12.8 Å². The van der Waals surface area contributed by atoms with Crippen molar-refractivity contribution in [2.75, 3.05) is 14.2 Å². The van der Waals surface area contributed by atoms with E-state index < -0.39 is 0 Å². The summed E-state index contributed by atoms with van der Waals surface area (Å²) in [4.78, 5) is 12.4. The maximum Gasteiger partial charge on any atom is 0.271 e. The number of ether oxygens (including phenoxy) is 1. The molecule has 0 amide bonds. The molecule has 1 aromatic carbocycles. The SMILES string of the molecule is CCCn1nc(-c2cc(C)ccc2OC)cc(CNC)c1=O. The quantitative estimate of drug-likeness (QED) is 0.890. The Hall–Kier alpha value is -2.14. The van der Waals surface area contributed by atoms with Gasteiger partial charge in [-0.3, -0.25) is 4.79 Å². The molecule has 0 saturated heterocycles. The van der Waals surface area contributed by atoms with Gasteiger partial charge in [-0.1, -0.05) is 18.6 Å². The van der Waals surface area contributed by atoms with Crippen LogP contribution in [0.4, 0.5) is 0 Å².